The maximum atomic E-state index is 12.9. The van der Waals surface area contributed by atoms with Crippen molar-refractivity contribution in [3.8, 4) is 6.07 Å². The fourth-order valence-electron chi connectivity index (χ4n) is 4.12. The van der Waals surface area contributed by atoms with Gasteiger partial charge in [0.05, 0.1) is 11.6 Å². The summed E-state index contributed by atoms with van der Waals surface area (Å²) in [7, 11) is 0. The van der Waals surface area contributed by atoms with Crippen molar-refractivity contribution in [2.45, 2.75) is 31.9 Å². The van der Waals surface area contributed by atoms with Crippen molar-refractivity contribution in [3.63, 3.8) is 0 Å². The molecule has 29 heavy (non-hydrogen) atoms. The zero-order valence-corrected chi connectivity index (χ0v) is 16.5. The first-order chi connectivity index (χ1) is 13.9. The van der Waals surface area contributed by atoms with Gasteiger partial charge in [-0.2, -0.15) is 18.4 Å². The fraction of sp³-hybridized carbons (Fsp3) is 0.619. The maximum absolute atomic E-state index is 12.9. The summed E-state index contributed by atoms with van der Waals surface area (Å²) < 4.78 is 38.8. The number of amides is 1. The number of likely N-dealkylation sites (tertiary alicyclic amines) is 1. The molecule has 1 aromatic rings. The number of hydrogen-bond acceptors (Lipinski definition) is 4. The highest BCUT2D eigenvalue weighted by molar-refractivity contribution is 5.78. The number of carbonyl (C=O) groups is 1. The number of nitrogens with zero attached hydrogens (tertiary/aromatic N) is 4. The van der Waals surface area contributed by atoms with Crippen molar-refractivity contribution in [2.24, 2.45) is 5.92 Å². The van der Waals surface area contributed by atoms with Crippen molar-refractivity contribution in [2.75, 3.05) is 50.7 Å². The zero-order chi connectivity index (χ0) is 20.9. The van der Waals surface area contributed by atoms with Gasteiger partial charge in [0.1, 0.15) is 6.42 Å². The van der Waals surface area contributed by atoms with Crippen LogP contribution >= 0.6 is 0 Å². The number of alkyl halides is 3. The van der Waals surface area contributed by atoms with Crippen LogP contribution in [0.1, 0.15) is 31.2 Å². The highest BCUT2D eigenvalue weighted by Gasteiger charge is 2.31. The van der Waals surface area contributed by atoms with Crippen LogP contribution in [0.4, 0.5) is 18.9 Å². The van der Waals surface area contributed by atoms with Crippen LogP contribution in [0, 0.1) is 17.2 Å². The first-order valence-corrected chi connectivity index (χ1v) is 10.2. The van der Waals surface area contributed by atoms with Crippen molar-refractivity contribution < 1.29 is 18.0 Å². The average Bonchev–Trinajstić information content (AvgIpc) is 2.73. The Kier molecular flexibility index (Phi) is 7.01. The Morgan fingerprint density at radius 2 is 1.79 bits per heavy atom. The predicted octanol–water partition coefficient (Wildman–Crippen LogP) is 3.37. The third-order valence-electron chi connectivity index (χ3n) is 5.96. The molecule has 0 unspecified atom stereocenters. The van der Waals surface area contributed by atoms with Crippen LogP contribution in [-0.4, -0.2) is 61.5 Å². The molecule has 0 aliphatic carbocycles. The van der Waals surface area contributed by atoms with Gasteiger partial charge in [-0.25, -0.2) is 0 Å². The second-order valence-corrected chi connectivity index (χ2v) is 7.82. The Hall–Kier alpha value is -2.27. The normalized spacial score (nSPS) is 19.2. The molecule has 2 fully saturated rings. The number of anilines is 1. The summed E-state index contributed by atoms with van der Waals surface area (Å²) in [5, 5.41) is 8.63. The topological polar surface area (TPSA) is 50.6 Å². The lowest BCUT2D eigenvalue weighted by molar-refractivity contribution is -0.137. The number of nitriles is 1. The molecule has 0 radical (unpaired) electrons. The summed E-state index contributed by atoms with van der Waals surface area (Å²) in [6.07, 6.45) is -1.33. The van der Waals surface area contributed by atoms with E-state index < -0.39 is 11.7 Å². The van der Waals surface area contributed by atoms with E-state index in [1.165, 1.54) is 12.1 Å². The smallest absolute Gasteiger partial charge is 0.369 e. The number of hydrogen-bond donors (Lipinski definition) is 0. The lowest BCUT2D eigenvalue weighted by Gasteiger charge is -2.37. The van der Waals surface area contributed by atoms with Gasteiger partial charge < -0.3 is 9.80 Å². The first kappa shape index (κ1) is 21.4. The van der Waals surface area contributed by atoms with Gasteiger partial charge in [0.15, 0.2) is 0 Å². The molecule has 2 heterocycles. The third kappa shape index (κ3) is 5.86. The second-order valence-electron chi connectivity index (χ2n) is 7.82. The van der Waals surface area contributed by atoms with Crippen LogP contribution in [0.25, 0.3) is 0 Å². The largest absolute Gasteiger partial charge is 0.416 e. The van der Waals surface area contributed by atoms with Gasteiger partial charge in [-0.1, -0.05) is 6.07 Å². The van der Waals surface area contributed by atoms with Crippen LogP contribution in [0.3, 0.4) is 0 Å². The molecule has 2 aliphatic rings. The molecule has 0 atom stereocenters. The van der Waals surface area contributed by atoms with E-state index in [4.69, 9.17) is 5.26 Å². The Balaban J connectivity index is 1.40. The maximum Gasteiger partial charge on any atom is 0.416 e. The molecule has 0 spiro atoms. The SMILES string of the molecule is N#CCC(=O)N1CCC(CCN2CCN(c3cccc(C(F)(F)F)c3)CC2)CC1. The van der Waals surface area contributed by atoms with E-state index >= 15 is 0 Å². The Bertz CT molecular complexity index is 730. The summed E-state index contributed by atoms with van der Waals surface area (Å²) in [5.41, 5.74) is 0.0332. The van der Waals surface area contributed by atoms with E-state index in [1.807, 2.05) is 11.0 Å². The van der Waals surface area contributed by atoms with Crippen molar-refractivity contribution in [3.05, 3.63) is 29.8 Å². The van der Waals surface area contributed by atoms with E-state index in [-0.39, 0.29) is 12.3 Å². The molecule has 2 aliphatic heterocycles. The van der Waals surface area contributed by atoms with Gasteiger partial charge in [0.25, 0.3) is 0 Å². The monoisotopic (exact) mass is 408 g/mol. The highest BCUT2D eigenvalue weighted by Crippen LogP contribution is 2.32. The zero-order valence-electron chi connectivity index (χ0n) is 16.5. The summed E-state index contributed by atoms with van der Waals surface area (Å²) in [5.74, 6) is 0.513. The minimum Gasteiger partial charge on any atom is -0.369 e. The molecule has 3 rings (SSSR count). The lowest BCUT2D eigenvalue weighted by atomic mass is 9.93. The van der Waals surface area contributed by atoms with E-state index in [2.05, 4.69) is 4.90 Å². The van der Waals surface area contributed by atoms with Crippen molar-refractivity contribution in [1.29, 1.82) is 5.26 Å². The van der Waals surface area contributed by atoms with Gasteiger partial charge >= 0.3 is 6.18 Å². The molecular formula is C21H27F3N4O. The van der Waals surface area contributed by atoms with E-state index in [0.717, 1.165) is 71.1 Å². The summed E-state index contributed by atoms with van der Waals surface area (Å²) in [6, 6.07) is 7.47. The number of piperazine rings is 1. The quantitative estimate of drug-likeness (QED) is 0.750. The molecule has 0 aromatic heterocycles. The van der Waals surface area contributed by atoms with Gasteiger partial charge in [-0.15, -0.1) is 0 Å². The number of halogens is 3. The van der Waals surface area contributed by atoms with Gasteiger partial charge in [0, 0.05) is 45.0 Å². The van der Waals surface area contributed by atoms with Crippen molar-refractivity contribution >= 4 is 11.6 Å². The molecule has 0 N–H and O–H groups in total. The average molecular weight is 408 g/mol. The molecule has 2 saturated heterocycles. The Morgan fingerprint density at radius 1 is 1.10 bits per heavy atom. The molecule has 8 heteroatoms. The molecule has 158 valence electrons. The summed E-state index contributed by atoms with van der Waals surface area (Å²) >= 11 is 0. The highest BCUT2D eigenvalue weighted by atomic mass is 19.4. The molecule has 1 amide bonds. The molecule has 1 aromatic carbocycles. The van der Waals surface area contributed by atoms with Crippen LogP contribution < -0.4 is 4.90 Å². The number of rotatable bonds is 5. The van der Waals surface area contributed by atoms with Crippen LogP contribution in [0.5, 0.6) is 0 Å². The van der Waals surface area contributed by atoms with E-state index in [9.17, 15) is 18.0 Å². The molecule has 0 saturated carbocycles. The van der Waals surface area contributed by atoms with E-state index in [1.54, 1.807) is 11.0 Å². The first-order valence-electron chi connectivity index (χ1n) is 10.2. The Labute approximate surface area is 169 Å². The number of piperidine rings is 1. The molecule has 0 bridgehead atoms. The minimum absolute atomic E-state index is 0.0409. The Morgan fingerprint density at radius 3 is 2.41 bits per heavy atom. The summed E-state index contributed by atoms with van der Waals surface area (Å²) in [4.78, 5) is 17.9. The lowest BCUT2D eigenvalue weighted by Crippen LogP contribution is -2.47. The van der Waals surface area contributed by atoms with Crippen LogP contribution in [-0.2, 0) is 11.0 Å². The van der Waals surface area contributed by atoms with Crippen molar-refractivity contribution in [1.82, 2.24) is 9.80 Å². The van der Waals surface area contributed by atoms with Gasteiger partial charge in [-0.05, 0) is 49.9 Å². The van der Waals surface area contributed by atoms with Gasteiger partial charge in [-0.3, -0.25) is 9.69 Å². The van der Waals surface area contributed by atoms with Gasteiger partial charge in [0.2, 0.25) is 5.91 Å². The second kappa shape index (κ2) is 9.49. The number of benzene rings is 1. The third-order valence-corrected chi connectivity index (χ3v) is 5.96. The van der Waals surface area contributed by atoms with Crippen LogP contribution in [0.2, 0.25) is 0 Å². The van der Waals surface area contributed by atoms with E-state index in [0.29, 0.717) is 11.6 Å². The minimum atomic E-state index is -4.31. The number of carbonyl (C=O) groups excluding carboxylic acids is 1. The fourth-order valence-corrected chi connectivity index (χ4v) is 4.12. The summed E-state index contributed by atoms with van der Waals surface area (Å²) in [6.45, 7) is 5.58. The standard InChI is InChI=1S/C21H27F3N4O/c22-21(23,24)18-2-1-3-19(16-18)27-14-12-26(13-15-27)9-5-17-6-10-28(11-7-17)20(29)4-8-25/h1-3,16-17H,4-7,9-15H2. The molecule has 5 nitrogen and oxygen atoms in total. The van der Waals surface area contributed by atoms with Crippen LogP contribution in [0.15, 0.2) is 24.3 Å². The predicted molar refractivity (Wildman–Crippen MR) is 104 cm³/mol. The molecular weight excluding hydrogens is 381 g/mol.